The molecule has 2 nitrogen and oxygen atoms in total. The molecule has 2 rings (SSSR count). The van der Waals surface area contributed by atoms with E-state index in [-0.39, 0.29) is 23.4 Å². The standard InChI is InChI=1S/C24H34O2S2/c1-3-5-7-9-13-19(23(25)21-15-11-17-27-21)20(14-10-8-6-4-2)24(26)22-16-12-18-28-22/h11-12,15-20H,3-10,13-14H2,1-2H3/t19-,20-/m0/s1. The normalized spacial score (nSPS) is 13.4. The monoisotopic (exact) mass is 418 g/mol. The van der Waals surface area contributed by atoms with Crippen molar-refractivity contribution in [3.63, 3.8) is 0 Å². The molecule has 2 atom stereocenters. The van der Waals surface area contributed by atoms with E-state index in [1.807, 2.05) is 35.0 Å². The van der Waals surface area contributed by atoms with Gasteiger partial charge in [-0.05, 0) is 35.7 Å². The van der Waals surface area contributed by atoms with Crippen LogP contribution in [0.25, 0.3) is 0 Å². The first-order valence-electron chi connectivity index (χ1n) is 10.8. The van der Waals surface area contributed by atoms with Crippen molar-refractivity contribution in [3.8, 4) is 0 Å². The summed E-state index contributed by atoms with van der Waals surface area (Å²) < 4.78 is 0. The molecule has 0 aromatic carbocycles. The fraction of sp³-hybridized carbons (Fsp3) is 0.583. The summed E-state index contributed by atoms with van der Waals surface area (Å²) in [5.74, 6) is -0.0211. The lowest BCUT2D eigenvalue weighted by atomic mass is 9.78. The Kier molecular flexibility index (Phi) is 10.7. The lowest BCUT2D eigenvalue weighted by molar-refractivity contribution is 0.0745. The first-order chi connectivity index (χ1) is 13.7. The zero-order valence-corrected chi connectivity index (χ0v) is 19.0. The van der Waals surface area contributed by atoms with Crippen LogP contribution in [0.1, 0.15) is 97.4 Å². The topological polar surface area (TPSA) is 34.1 Å². The second-order valence-electron chi connectivity index (χ2n) is 7.59. The van der Waals surface area contributed by atoms with E-state index >= 15 is 0 Å². The fourth-order valence-electron chi connectivity index (χ4n) is 3.82. The Morgan fingerprint density at radius 2 is 1.14 bits per heavy atom. The van der Waals surface area contributed by atoms with Crippen LogP contribution in [0, 0.1) is 11.8 Å². The number of unbranched alkanes of at least 4 members (excludes halogenated alkanes) is 6. The summed E-state index contributed by atoms with van der Waals surface area (Å²) >= 11 is 3.01. The third-order valence-corrected chi connectivity index (χ3v) is 7.19. The van der Waals surface area contributed by atoms with Gasteiger partial charge < -0.3 is 0 Å². The molecule has 0 radical (unpaired) electrons. The lowest BCUT2D eigenvalue weighted by Gasteiger charge is -2.25. The number of Topliss-reactive ketones (excluding diaryl/α,β-unsaturated/α-hetero) is 2. The summed E-state index contributed by atoms with van der Waals surface area (Å²) in [7, 11) is 0. The predicted octanol–water partition coefficient (Wildman–Crippen LogP) is 8.05. The van der Waals surface area contributed by atoms with E-state index in [0.29, 0.717) is 0 Å². The van der Waals surface area contributed by atoms with Crippen LogP contribution in [0.2, 0.25) is 0 Å². The molecule has 0 amide bonds. The molecule has 0 aliphatic heterocycles. The number of hydrogen-bond donors (Lipinski definition) is 0. The highest BCUT2D eigenvalue weighted by Crippen LogP contribution is 2.33. The van der Waals surface area contributed by atoms with E-state index in [1.165, 1.54) is 48.4 Å². The van der Waals surface area contributed by atoms with Gasteiger partial charge in [-0.25, -0.2) is 0 Å². The van der Waals surface area contributed by atoms with Crippen LogP contribution >= 0.6 is 22.7 Å². The maximum atomic E-state index is 13.3. The average Bonchev–Trinajstić information content (AvgIpc) is 3.42. The van der Waals surface area contributed by atoms with Gasteiger partial charge >= 0.3 is 0 Å². The highest BCUT2D eigenvalue weighted by atomic mass is 32.1. The average molecular weight is 419 g/mol. The van der Waals surface area contributed by atoms with E-state index in [0.717, 1.165) is 48.3 Å². The van der Waals surface area contributed by atoms with Gasteiger partial charge in [0.1, 0.15) is 0 Å². The minimum Gasteiger partial charge on any atom is -0.293 e. The van der Waals surface area contributed by atoms with Crippen LogP contribution in [0.15, 0.2) is 35.0 Å². The molecule has 0 aliphatic rings. The van der Waals surface area contributed by atoms with Crippen molar-refractivity contribution in [2.45, 2.75) is 78.1 Å². The van der Waals surface area contributed by atoms with Crippen molar-refractivity contribution in [3.05, 3.63) is 44.8 Å². The SMILES string of the molecule is CCCCCC[C@H](C(=O)c1cccs1)[C@H](CCCCCC)C(=O)c1cccs1. The van der Waals surface area contributed by atoms with E-state index < -0.39 is 0 Å². The zero-order chi connectivity index (χ0) is 20.2. The lowest BCUT2D eigenvalue weighted by Crippen LogP contribution is -2.30. The summed E-state index contributed by atoms with van der Waals surface area (Å²) in [6.45, 7) is 4.40. The van der Waals surface area contributed by atoms with Crippen LogP contribution < -0.4 is 0 Å². The van der Waals surface area contributed by atoms with Crippen molar-refractivity contribution in [2.24, 2.45) is 11.8 Å². The van der Waals surface area contributed by atoms with Crippen molar-refractivity contribution < 1.29 is 9.59 Å². The highest BCUT2D eigenvalue weighted by molar-refractivity contribution is 7.12. The van der Waals surface area contributed by atoms with Crippen molar-refractivity contribution in [1.82, 2.24) is 0 Å². The molecule has 0 bridgehead atoms. The van der Waals surface area contributed by atoms with Gasteiger partial charge in [-0.3, -0.25) is 9.59 Å². The molecule has 0 unspecified atom stereocenters. The van der Waals surface area contributed by atoms with Crippen molar-refractivity contribution in [2.75, 3.05) is 0 Å². The van der Waals surface area contributed by atoms with Crippen molar-refractivity contribution >= 4 is 34.2 Å². The Labute approximate surface area is 178 Å². The second-order valence-corrected chi connectivity index (χ2v) is 9.49. The Morgan fingerprint density at radius 1 is 0.714 bits per heavy atom. The van der Waals surface area contributed by atoms with Crippen LogP contribution in [-0.2, 0) is 0 Å². The summed E-state index contributed by atoms with van der Waals surface area (Å²) in [5, 5.41) is 3.91. The van der Waals surface area contributed by atoms with Gasteiger partial charge in [-0.15, -0.1) is 22.7 Å². The van der Waals surface area contributed by atoms with Crippen LogP contribution in [0.4, 0.5) is 0 Å². The number of ketones is 2. The van der Waals surface area contributed by atoms with Gasteiger partial charge in [0, 0.05) is 11.8 Å². The first kappa shape index (κ1) is 23.0. The molecule has 0 saturated carbocycles. The van der Waals surface area contributed by atoms with Crippen LogP contribution in [0.5, 0.6) is 0 Å². The zero-order valence-electron chi connectivity index (χ0n) is 17.3. The molecular weight excluding hydrogens is 384 g/mol. The third-order valence-electron chi connectivity index (χ3n) is 5.42. The van der Waals surface area contributed by atoms with E-state index in [2.05, 4.69) is 13.8 Å². The summed E-state index contributed by atoms with van der Waals surface area (Å²) in [5.41, 5.74) is 0. The van der Waals surface area contributed by atoms with Gasteiger partial charge in [0.05, 0.1) is 9.75 Å². The molecule has 2 aromatic rings. The van der Waals surface area contributed by atoms with Gasteiger partial charge in [0.15, 0.2) is 11.6 Å². The summed E-state index contributed by atoms with van der Waals surface area (Å²) in [4.78, 5) is 28.3. The van der Waals surface area contributed by atoms with E-state index in [1.54, 1.807) is 0 Å². The Balaban J connectivity index is 2.21. The first-order valence-corrected chi connectivity index (χ1v) is 12.6. The molecule has 2 heterocycles. The van der Waals surface area contributed by atoms with Crippen LogP contribution in [0.3, 0.4) is 0 Å². The molecule has 2 aromatic heterocycles. The Hall–Kier alpha value is -1.26. The second kappa shape index (κ2) is 13.1. The van der Waals surface area contributed by atoms with Gasteiger partial charge in [-0.1, -0.05) is 77.3 Å². The Bertz CT molecular complexity index is 613. The molecular formula is C24H34O2S2. The largest absolute Gasteiger partial charge is 0.293 e. The smallest absolute Gasteiger partial charge is 0.176 e. The number of carbonyl (C=O) groups is 2. The molecule has 0 fully saturated rings. The quantitative estimate of drug-likeness (QED) is 0.216. The number of hydrogen-bond acceptors (Lipinski definition) is 4. The molecule has 0 saturated heterocycles. The van der Waals surface area contributed by atoms with E-state index in [9.17, 15) is 9.59 Å². The minimum absolute atomic E-state index is 0.178. The van der Waals surface area contributed by atoms with Crippen LogP contribution in [-0.4, -0.2) is 11.6 Å². The Morgan fingerprint density at radius 3 is 1.46 bits per heavy atom. The maximum Gasteiger partial charge on any atom is 0.176 e. The maximum absolute atomic E-state index is 13.3. The predicted molar refractivity (Wildman–Crippen MR) is 122 cm³/mol. The van der Waals surface area contributed by atoms with Gasteiger partial charge in [0.25, 0.3) is 0 Å². The van der Waals surface area contributed by atoms with E-state index in [4.69, 9.17) is 0 Å². The molecule has 0 aliphatic carbocycles. The number of carbonyl (C=O) groups excluding carboxylic acids is 2. The summed E-state index contributed by atoms with van der Waals surface area (Å²) in [6, 6.07) is 7.69. The minimum atomic E-state index is -0.188. The number of thiophene rings is 2. The van der Waals surface area contributed by atoms with Crippen molar-refractivity contribution in [1.29, 1.82) is 0 Å². The van der Waals surface area contributed by atoms with Gasteiger partial charge in [0.2, 0.25) is 0 Å². The third kappa shape index (κ3) is 6.97. The molecule has 154 valence electrons. The molecule has 28 heavy (non-hydrogen) atoms. The highest BCUT2D eigenvalue weighted by Gasteiger charge is 2.34. The summed E-state index contributed by atoms with van der Waals surface area (Å²) in [6.07, 6.45) is 10.7. The fourth-order valence-corrected chi connectivity index (χ4v) is 5.27. The van der Waals surface area contributed by atoms with Gasteiger partial charge in [-0.2, -0.15) is 0 Å². The number of rotatable bonds is 15. The molecule has 0 N–H and O–H groups in total. The molecule has 0 spiro atoms. The molecule has 4 heteroatoms.